The maximum atomic E-state index is 12.9. The number of hydrogen-bond acceptors (Lipinski definition) is 6. The van der Waals surface area contributed by atoms with Crippen LogP contribution in [0.15, 0.2) is 58.5 Å². The van der Waals surface area contributed by atoms with Crippen molar-refractivity contribution >= 4 is 22.7 Å². The predicted molar refractivity (Wildman–Crippen MR) is 116 cm³/mol. The first-order valence-electron chi connectivity index (χ1n) is 9.61. The molecule has 0 N–H and O–H groups in total. The summed E-state index contributed by atoms with van der Waals surface area (Å²) in [5.74, 6) is 2.43. The lowest BCUT2D eigenvalue weighted by molar-refractivity contribution is 0.189. The van der Waals surface area contributed by atoms with Gasteiger partial charge in [0.05, 0.1) is 24.6 Å². The lowest BCUT2D eigenvalue weighted by Crippen LogP contribution is -2.24. The molecule has 0 saturated heterocycles. The van der Waals surface area contributed by atoms with Crippen molar-refractivity contribution in [1.29, 1.82) is 0 Å². The minimum atomic E-state index is 0.00341. The molecule has 0 spiro atoms. The van der Waals surface area contributed by atoms with Crippen molar-refractivity contribution in [3.05, 3.63) is 58.9 Å². The largest absolute Gasteiger partial charge is 0.497 e. The van der Waals surface area contributed by atoms with E-state index in [9.17, 15) is 4.79 Å². The van der Waals surface area contributed by atoms with Gasteiger partial charge in [0.25, 0.3) is 5.56 Å². The molecule has 0 bridgehead atoms. The van der Waals surface area contributed by atoms with Crippen molar-refractivity contribution in [2.45, 2.75) is 24.5 Å². The first-order valence-corrected chi connectivity index (χ1v) is 10.6. The molecule has 1 aromatic heterocycles. The molecule has 7 heteroatoms. The van der Waals surface area contributed by atoms with E-state index in [1.807, 2.05) is 48.5 Å². The van der Waals surface area contributed by atoms with Gasteiger partial charge in [-0.2, -0.15) is 0 Å². The molecule has 0 unspecified atom stereocenters. The minimum Gasteiger partial charge on any atom is -0.497 e. The summed E-state index contributed by atoms with van der Waals surface area (Å²) in [5, 5.41) is 1.39. The molecule has 3 aromatic rings. The SMILES string of the molecule is COCCCn1c(SCCCOc2ccc(OC)cc2)nc2ccccc2c1=O. The van der Waals surface area contributed by atoms with Gasteiger partial charge >= 0.3 is 0 Å². The van der Waals surface area contributed by atoms with E-state index in [2.05, 4.69) is 0 Å². The number of benzene rings is 2. The molecule has 0 fully saturated rings. The van der Waals surface area contributed by atoms with Gasteiger partial charge in [0, 0.05) is 26.0 Å². The summed E-state index contributed by atoms with van der Waals surface area (Å²) >= 11 is 1.59. The number of fused-ring (bicyclic) bond motifs is 1. The summed E-state index contributed by atoms with van der Waals surface area (Å²) in [4.78, 5) is 17.6. The van der Waals surface area contributed by atoms with E-state index < -0.39 is 0 Å². The smallest absolute Gasteiger partial charge is 0.262 e. The number of nitrogens with zero attached hydrogens (tertiary/aromatic N) is 2. The highest BCUT2D eigenvalue weighted by atomic mass is 32.2. The number of rotatable bonds is 11. The van der Waals surface area contributed by atoms with Crippen LogP contribution in [-0.2, 0) is 11.3 Å². The molecule has 0 amide bonds. The zero-order chi connectivity index (χ0) is 20.5. The Bertz CT molecular complexity index is 973. The number of methoxy groups -OCH3 is 2. The first kappa shape index (κ1) is 21.2. The predicted octanol–water partition coefficient (Wildman–Crippen LogP) is 4.00. The van der Waals surface area contributed by atoms with Crippen LogP contribution < -0.4 is 15.0 Å². The topological polar surface area (TPSA) is 62.6 Å². The highest BCUT2D eigenvalue weighted by Gasteiger charge is 2.11. The summed E-state index contributed by atoms with van der Waals surface area (Å²) < 4.78 is 17.8. The Labute approximate surface area is 174 Å². The van der Waals surface area contributed by atoms with Crippen LogP contribution in [0.5, 0.6) is 11.5 Å². The molecular formula is C22H26N2O4S. The van der Waals surface area contributed by atoms with E-state index in [-0.39, 0.29) is 5.56 Å². The molecular weight excluding hydrogens is 388 g/mol. The number of aromatic nitrogens is 2. The zero-order valence-corrected chi connectivity index (χ0v) is 17.6. The van der Waals surface area contributed by atoms with Gasteiger partial charge < -0.3 is 14.2 Å². The quantitative estimate of drug-likeness (QED) is 0.268. The third-order valence-corrected chi connectivity index (χ3v) is 5.47. The molecule has 0 aliphatic carbocycles. The van der Waals surface area contributed by atoms with Gasteiger partial charge in [-0.25, -0.2) is 4.98 Å². The second-order valence-corrected chi connectivity index (χ2v) is 7.50. The van der Waals surface area contributed by atoms with Crippen LogP contribution >= 0.6 is 11.8 Å². The van der Waals surface area contributed by atoms with Crippen molar-refractivity contribution in [3.8, 4) is 11.5 Å². The summed E-state index contributed by atoms with van der Waals surface area (Å²) in [7, 11) is 3.31. The zero-order valence-electron chi connectivity index (χ0n) is 16.8. The molecule has 0 radical (unpaired) electrons. The van der Waals surface area contributed by atoms with Crippen molar-refractivity contribution in [1.82, 2.24) is 9.55 Å². The van der Waals surface area contributed by atoms with Gasteiger partial charge in [0.1, 0.15) is 11.5 Å². The fourth-order valence-corrected chi connectivity index (χ4v) is 3.84. The van der Waals surface area contributed by atoms with Crippen LogP contribution in [0.1, 0.15) is 12.8 Å². The van der Waals surface area contributed by atoms with Crippen LogP contribution in [0.3, 0.4) is 0 Å². The van der Waals surface area contributed by atoms with Crippen molar-refractivity contribution in [2.24, 2.45) is 0 Å². The highest BCUT2D eigenvalue weighted by molar-refractivity contribution is 7.99. The molecule has 0 aliphatic rings. The highest BCUT2D eigenvalue weighted by Crippen LogP contribution is 2.20. The number of para-hydroxylation sites is 1. The lowest BCUT2D eigenvalue weighted by Gasteiger charge is -2.13. The van der Waals surface area contributed by atoms with Gasteiger partial charge in [-0.3, -0.25) is 9.36 Å². The van der Waals surface area contributed by atoms with Gasteiger partial charge in [-0.05, 0) is 49.2 Å². The summed E-state index contributed by atoms with van der Waals surface area (Å²) in [6.07, 6.45) is 1.61. The molecule has 3 rings (SSSR count). The van der Waals surface area contributed by atoms with E-state index in [0.29, 0.717) is 25.1 Å². The number of ether oxygens (including phenoxy) is 3. The molecule has 0 saturated carbocycles. The van der Waals surface area contributed by atoms with Gasteiger partial charge in [-0.15, -0.1) is 0 Å². The maximum absolute atomic E-state index is 12.9. The summed E-state index contributed by atoms with van der Waals surface area (Å²) in [6, 6.07) is 15.0. The van der Waals surface area contributed by atoms with Crippen LogP contribution in [0.2, 0.25) is 0 Å². The average molecular weight is 415 g/mol. The van der Waals surface area contributed by atoms with Crippen molar-refractivity contribution < 1.29 is 14.2 Å². The Morgan fingerprint density at radius 1 is 0.966 bits per heavy atom. The van der Waals surface area contributed by atoms with Crippen molar-refractivity contribution in [3.63, 3.8) is 0 Å². The second kappa shape index (κ2) is 10.9. The Morgan fingerprint density at radius 3 is 2.48 bits per heavy atom. The molecule has 6 nitrogen and oxygen atoms in total. The molecule has 2 aromatic carbocycles. The molecule has 0 atom stereocenters. The second-order valence-electron chi connectivity index (χ2n) is 6.44. The Balaban J connectivity index is 1.61. The number of hydrogen-bond donors (Lipinski definition) is 0. The van der Waals surface area contributed by atoms with Gasteiger partial charge in [-0.1, -0.05) is 23.9 Å². The average Bonchev–Trinajstić information content (AvgIpc) is 2.76. The Kier molecular flexibility index (Phi) is 7.95. The molecule has 1 heterocycles. The van der Waals surface area contributed by atoms with E-state index >= 15 is 0 Å². The Hall–Kier alpha value is -2.51. The maximum Gasteiger partial charge on any atom is 0.262 e. The van der Waals surface area contributed by atoms with Crippen molar-refractivity contribution in [2.75, 3.05) is 33.2 Å². The van der Waals surface area contributed by atoms with Crippen LogP contribution in [0.25, 0.3) is 10.9 Å². The Morgan fingerprint density at radius 2 is 1.72 bits per heavy atom. The molecule has 0 aliphatic heterocycles. The minimum absolute atomic E-state index is 0.00341. The van der Waals surface area contributed by atoms with E-state index in [1.54, 1.807) is 30.5 Å². The van der Waals surface area contributed by atoms with Crippen LogP contribution in [0.4, 0.5) is 0 Å². The van der Waals surface area contributed by atoms with E-state index in [0.717, 1.165) is 40.8 Å². The van der Waals surface area contributed by atoms with Gasteiger partial charge in [0.2, 0.25) is 0 Å². The fourth-order valence-electron chi connectivity index (χ4n) is 2.91. The van der Waals surface area contributed by atoms with Crippen LogP contribution in [0, 0.1) is 0 Å². The summed E-state index contributed by atoms with van der Waals surface area (Å²) in [6.45, 7) is 1.80. The molecule has 154 valence electrons. The third kappa shape index (κ3) is 5.74. The first-order chi connectivity index (χ1) is 14.2. The van der Waals surface area contributed by atoms with E-state index in [1.165, 1.54) is 0 Å². The third-order valence-electron chi connectivity index (χ3n) is 4.40. The number of thioether (sulfide) groups is 1. The van der Waals surface area contributed by atoms with Crippen LogP contribution in [-0.4, -0.2) is 42.7 Å². The monoisotopic (exact) mass is 414 g/mol. The fraction of sp³-hybridized carbons (Fsp3) is 0.364. The lowest BCUT2D eigenvalue weighted by atomic mass is 10.2. The molecule has 29 heavy (non-hydrogen) atoms. The summed E-state index contributed by atoms with van der Waals surface area (Å²) in [5.41, 5.74) is 0.737. The standard InChI is InChI=1S/C22H26N2O4S/c1-26-14-5-13-24-21(25)19-7-3-4-8-20(19)23-22(24)29-16-6-15-28-18-11-9-17(27-2)10-12-18/h3-4,7-12H,5-6,13-16H2,1-2H3. The van der Waals surface area contributed by atoms with E-state index in [4.69, 9.17) is 19.2 Å². The normalized spacial score (nSPS) is 11.0. The van der Waals surface area contributed by atoms with Gasteiger partial charge in [0.15, 0.2) is 5.16 Å².